The molecular weight excluding hydrogens is 260 g/mol. The van der Waals surface area contributed by atoms with Crippen LogP contribution in [0.3, 0.4) is 0 Å². The van der Waals surface area contributed by atoms with Crippen LogP contribution in [0.1, 0.15) is 39.0 Å². The Kier molecular flexibility index (Phi) is 12.1. The summed E-state index contributed by atoms with van der Waals surface area (Å²) in [5, 5.41) is 11.4. The predicted octanol–water partition coefficient (Wildman–Crippen LogP) is 0.540. The van der Waals surface area contributed by atoms with E-state index in [1.807, 2.05) is 11.9 Å². The maximum absolute atomic E-state index is 11.6. The first-order valence-electron chi connectivity index (χ1n) is 7.31. The maximum atomic E-state index is 11.6. The number of carbonyl (C=O) groups excluding carboxylic acids is 2. The molecule has 6 heteroatoms. The van der Waals surface area contributed by atoms with Gasteiger partial charge in [0.2, 0.25) is 5.91 Å². The van der Waals surface area contributed by atoms with Gasteiger partial charge in [-0.15, -0.1) is 0 Å². The summed E-state index contributed by atoms with van der Waals surface area (Å²) >= 11 is 0. The second-order valence-corrected chi connectivity index (χ2v) is 4.78. The Labute approximate surface area is 121 Å². The van der Waals surface area contributed by atoms with E-state index >= 15 is 0 Å². The largest absolute Gasteiger partial charge is 0.466 e. The highest BCUT2D eigenvalue weighted by molar-refractivity contribution is 5.78. The highest BCUT2D eigenvalue weighted by Gasteiger charge is 2.06. The van der Waals surface area contributed by atoms with Gasteiger partial charge < -0.3 is 15.2 Å². The second-order valence-electron chi connectivity index (χ2n) is 4.78. The molecule has 0 bridgehead atoms. The first-order chi connectivity index (χ1) is 9.60. The molecule has 0 saturated carbocycles. The molecule has 0 fully saturated rings. The van der Waals surface area contributed by atoms with E-state index < -0.39 is 0 Å². The monoisotopic (exact) mass is 288 g/mol. The Morgan fingerprint density at radius 1 is 1.20 bits per heavy atom. The average molecular weight is 288 g/mol. The number of hydrogen-bond acceptors (Lipinski definition) is 5. The van der Waals surface area contributed by atoms with Crippen molar-refractivity contribution in [3.8, 4) is 0 Å². The molecule has 0 aliphatic carbocycles. The van der Waals surface area contributed by atoms with Crippen LogP contribution < -0.4 is 5.32 Å². The molecule has 2 N–H and O–H groups in total. The van der Waals surface area contributed by atoms with Crippen molar-refractivity contribution in [3.05, 3.63) is 0 Å². The number of esters is 1. The van der Waals surface area contributed by atoms with Crippen LogP contribution in [0.4, 0.5) is 0 Å². The lowest BCUT2D eigenvalue weighted by molar-refractivity contribution is -0.143. The minimum absolute atomic E-state index is 0.0292. The van der Waals surface area contributed by atoms with Gasteiger partial charge in [-0.05, 0) is 46.2 Å². The van der Waals surface area contributed by atoms with Gasteiger partial charge in [-0.2, -0.15) is 0 Å². The lowest BCUT2D eigenvalue weighted by atomic mass is 10.2. The predicted molar refractivity (Wildman–Crippen MR) is 77.3 cm³/mol. The molecule has 0 aromatic rings. The molecule has 0 aliphatic heterocycles. The van der Waals surface area contributed by atoms with E-state index in [0.717, 1.165) is 25.8 Å². The number of unbranched alkanes of at least 4 members (excludes halogenated alkanes) is 2. The van der Waals surface area contributed by atoms with Crippen LogP contribution in [-0.4, -0.2) is 61.8 Å². The zero-order valence-electron chi connectivity index (χ0n) is 12.7. The van der Waals surface area contributed by atoms with Crippen molar-refractivity contribution < 1.29 is 19.4 Å². The first kappa shape index (κ1) is 18.9. The smallest absolute Gasteiger partial charge is 0.305 e. The standard InChI is InChI=1S/C14H28N2O4/c1-3-20-14(19)8-7-9-15-13(18)12-16(2)10-5-4-6-11-17/h17H,3-12H2,1-2H3,(H,15,18). The summed E-state index contributed by atoms with van der Waals surface area (Å²) in [4.78, 5) is 24.6. The minimum atomic E-state index is -0.220. The second kappa shape index (κ2) is 12.9. The molecule has 20 heavy (non-hydrogen) atoms. The van der Waals surface area contributed by atoms with Gasteiger partial charge in [-0.1, -0.05) is 0 Å². The van der Waals surface area contributed by atoms with E-state index in [1.165, 1.54) is 0 Å². The van der Waals surface area contributed by atoms with Gasteiger partial charge in [0.1, 0.15) is 0 Å². The topological polar surface area (TPSA) is 78.9 Å². The molecular formula is C14H28N2O4. The number of aliphatic hydroxyl groups excluding tert-OH is 1. The summed E-state index contributed by atoms with van der Waals surface area (Å²) in [7, 11) is 1.90. The minimum Gasteiger partial charge on any atom is -0.466 e. The molecule has 1 amide bonds. The number of hydrogen-bond donors (Lipinski definition) is 2. The fourth-order valence-corrected chi connectivity index (χ4v) is 1.74. The summed E-state index contributed by atoms with van der Waals surface area (Å²) in [6.45, 7) is 4.10. The van der Waals surface area contributed by atoms with Gasteiger partial charge in [0.15, 0.2) is 0 Å². The molecule has 0 saturated heterocycles. The number of ether oxygens (including phenoxy) is 1. The van der Waals surface area contributed by atoms with Crippen molar-refractivity contribution in [1.29, 1.82) is 0 Å². The number of amides is 1. The van der Waals surface area contributed by atoms with Crippen LogP contribution in [0.15, 0.2) is 0 Å². The molecule has 0 heterocycles. The van der Waals surface area contributed by atoms with Gasteiger partial charge in [0, 0.05) is 19.6 Å². The summed E-state index contributed by atoms with van der Waals surface area (Å²) in [6.07, 6.45) is 3.71. The normalized spacial score (nSPS) is 10.6. The summed E-state index contributed by atoms with van der Waals surface area (Å²) < 4.78 is 4.80. The van der Waals surface area contributed by atoms with Gasteiger partial charge in [0.25, 0.3) is 0 Å². The highest BCUT2D eigenvalue weighted by atomic mass is 16.5. The Morgan fingerprint density at radius 3 is 2.60 bits per heavy atom. The number of rotatable bonds is 12. The molecule has 6 nitrogen and oxygen atoms in total. The van der Waals surface area contributed by atoms with E-state index in [-0.39, 0.29) is 18.5 Å². The van der Waals surface area contributed by atoms with Crippen LogP contribution in [0.25, 0.3) is 0 Å². The van der Waals surface area contributed by atoms with Gasteiger partial charge in [-0.3, -0.25) is 14.5 Å². The molecule has 0 radical (unpaired) electrons. The van der Waals surface area contributed by atoms with Crippen molar-refractivity contribution in [2.75, 3.05) is 39.9 Å². The number of aliphatic hydroxyl groups is 1. The van der Waals surface area contributed by atoms with Gasteiger partial charge in [0.05, 0.1) is 13.2 Å². The fraction of sp³-hybridized carbons (Fsp3) is 0.857. The molecule has 118 valence electrons. The van der Waals surface area contributed by atoms with E-state index in [4.69, 9.17) is 9.84 Å². The Hall–Kier alpha value is -1.14. The highest BCUT2D eigenvalue weighted by Crippen LogP contribution is 1.96. The number of likely N-dealkylation sites (N-methyl/N-ethyl adjacent to an activating group) is 1. The summed E-state index contributed by atoms with van der Waals surface area (Å²) in [6, 6.07) is 0. The summed E-state index contributed by atoms with van der Waals surface area (Å²) in [5.74, 6) is -0.249. The van der Waals surface area contributed by atoms with Crippen LogP contribution in [0.2, 0.25) is 0 Å². The third kappa shape index (κ3) is 11.9. The molecule has 0 aliphatic rings. The Balaban J connectivity index is 3.50. The maximum Gasteiger partial charge on any atom is 0.305 e. The first-order valence-corrected chi connectivity index (χ1v) is 7.31. The van der Waals surface area contributed by atoms with Crippen molar-refractivity contribution in [1.82, 2.24) is 10.2 Å². The van der Waals surface area contributed by atoms with E-state index in [0.29, 0.717) is 32.5 Å². The fourth-order valence-electron chi connectivity index (χ4n) is 1.74. The lowest BCUT2D eigenvalue weighted by Crippen LogP contribution is -2.36. The van der Waals surface area contributed by atoms with Crippen molar-refractivity contribution >= 4 is 11.9 Å². The Bertz CT molecular complexity index is 272. The Morgan fingerprint density at radius 2 is 1.95 bits per heavy atom. The number of nitrogens with zero attached hydrogens (tertiary/aromatic N) is 1. The van der Waals surface area contributed by atoms with Crippen molar-refractivity contribution in [2.45, 2.75) is 39.0 Å². The molecule has 0 aromatic carbocycles. The molecule has 0 atom stereocenters. The van der Waals surface area contributed by atoms with Crippen LogP contribution in [-0.2, 0) is 14.3 Å². The zero-order chi connectivity index (χ0) is 15.2. The van der Waals surface area contributed by atoms with E-state index in [9.17, 15) is 9.59 Å². The molecule has 0 spiro atoms. The van der Waals surface area contributed by atoms with Crippen LogP contribution in [0.5, 0.6) is 0 Å². The molecule has 0 aromatic heterocycles. The molecule has 0 rings (SSSR count). The van der Waals surface area contributed by atoms with Gasteiger partial charge >= 0.3 is 5.97 Å². The third-order valence-corrected chi connectivity index (χ3v) is 2.80. The number of nitrogens with one attached hydrogen (secondary N) is 1. The van der Waals surface area contributed by atoms with Crippen molar-refractivity contribution in [3.63, 3.8) is 0 Å². The quantitative estimate of drug-likeness (QED) is 0.405. The molecule has 0 unspecified atom stereocenters. The summed E-state index contributed by atoms with van der Waals surface area (Å²) in [5.41, 5.74) is 0. The van der Waals surface area contributed by atoms with Crippen molar-refractivity contribution in [2.24, 2.45) is 0 Å². The third-order valence-electron chi connectivity index (χ3n) is 2.80. The zero-order valence-corrected chi connectivity index (χ0v) is 12.7. The van der Waals surface area contributed by atoms with E-state index in [1.54, 1.807) is 6.92 Å². The average Bonchev–Trinajstić information content (AvgIpc) is 2.40. The van der Waals surface area contributed by atoms with Crippen LogP contribution >= 0.6 is 0 Å². The lowest BCUT2D eigenvalue weighted by Gasteiger charge is -2.15. The van der Waals surface area contributed by atoms with Gasteiger partial charge in [-0.25, -0.2) is 0 Å². The van der Waals surface area contributed by atoms with E-state index in [2.05, 4.69) is 5.32 Å². The number of carbonyl (C=O) groups is 2. The van der Waals surface area contributed by atoms with Crippen LogP contribution in [0, 0.1) is 0 Å². The SMILES string of the molecule is CCOC(=O)CCCNC(=O)CN(C)CCCCCO.